The standard InChI is InChI=1S/C29H34N2O5S/c1-21-8-10-22(11-9-21)29(33)30(14-5-16-34-2)19-28(32)31-15-12-27-25(13-17-37-27)26(31)20-36-24-7-4-6-23(18-24)35-3/h4,6-11,13,17-18,26H,5,12,14-16,19-20H2,1-3H3. The van der Waals surface area contributed by atoms with Gasteiger partial charge in [0.2, 0.25) is 5.91 Å². The molecular weight excluding hydrogens is 488 g/mol. The van der Waals surface area contributed by atoms with Crippen LogP contribution in [0.4, 0.5) is 0 Å². The first-order valence-electron chi connectivity index (χ1n) is 12.5. The summed E-state index contributed by atoms with van der Waals surface area (Å²) in [7, 11) is 3.25. The number of hydrogen-bond donors (Lipinski definition) is 0. The van der Waals surface area contributed by atoms with E-state index in [-0.39, 0.29) is 24.4 Å². The Labute approximate surface area is 222 Å². The second-order valence-corrected chi connectivity index (χ2v) is 10.1. The minimum atomic E-state index is -0.232. The summed E-state index contributed by atoms with van der Waals surface area (Å²) in [6.45, 7) is 3.85. The van der Waals surface area contributed by atoms with Crippen molar-refractivity contribution < 1.29 is 23.8 Å². The smallest absolute Gasteiger partial charge is 0.254 e. The lowest BCUT2D eigenvalue weighted by Gasteiger charge is -2.37. The quantitative estimate of drug-likeness (QED) is 0.340. The van der Waals surface area contributed by atoms with Crippen LogP contribution in [0.1, 0.15) is 38.8 Å². The van der Waals surface area contributed by atoms with Crippen LogP contribution in [-0.4, -0.2) is 68.7 Å². The van der Waals surface area contributed by atoms with Gasteiger partial charge < -0.3 is 24.0 Å². The molecule has 0 spiro atoms. The van der Waals surface area contributed by atoms with Crippen molar-refractivity contribution in [2.75, 3.05) is 47.1 Å². The largest absolute Gasteiger partial charge is 0.497 e. The molecule has 196 valence electrons. The average molecular weight is 523 g/mol. The predicted octanol–water partition coefficient (Wildman–Crippen LogP) is 4.75. The number of methoxy groups -OCH3 is 2. The van der Waals surface area contributed by atoms with E-state index in [0.717, 1.165) is 17.5 Å². The van der Waals surface area contributed by atoms with Crippen molar-refractivity contribution in [3.63, 3.8) is 0 Å². The summed E-state index contributed by atoms with van der Waals surface area (Å²) in [5, 5.41) is 2.06. The molecule has 0 bridgehead atoms. The van der Waals surface area contributed by atoms with Crippen molar-refractivity contribution >= 4 is 23.2 Å². The highest BCUT2D eigenvalue weighted by atomic mass is 32.1. The maximum absolute atomic E-state index is 13.7. The van der Waals surface area contributed by atoms with Crippen molar-refractivity contribution in [3.8, 4) is 11.5 Å². The molecular formula is C29H34N2O5S. The van der Waals surface area contributed by atoms with Crippen molar-refractivity contribution in [2.24, 2.45) is 0 Å². The molecule has 1 aromatic heterocycles. The Morgan fingerprint density at radius 1 is 1.08 bits per heavy atom. The van der Waals surface area contributed by atoms with E-state index in [4.69, 9.17) is 14.2 Å². The first-order chi connectivity index (χ1) is 18.0. The molecule has 0 saturated carbocycles. The van der Waals surface area contributed by atoms with Gasteiger partial charge >= 0.3 is 0 Å². The number of nitrogens with zero attached hydrogens (tertiary/aromatic N) is 2. The van der Waals surface area contributed by atoms with Gasteiger partial charge in [-0.05, 0) is 61.0 Å². The molecule has 8 heteroatoms. The van der Waals surface area contributed by atoms with Gasteiger partial charge in [0.05, 0.1) is 13.2 Å². The van der Waals surface area contributed by atoms with Crippen molar-refractivity contribution in [2.45, 2.75) is 25.8 Å². The summed E-state index contributed by atoms with van der Waals surface area (Å²) in [5.41, 5.74) is 2.77. The van der Waals surface area contributed by atoms with Gasteiger partial charge in [-0.1, -0.05) is 23.8 Å². The van der Waals surface area contributed by atoms with Crippen LogP contribution in [0.3, 0.4) is 0 Å². The molecule has 1 atom stereocenters. The van der Waals surface area contributed by atoms with Crippen LogP contribution < -0.4 is 9.47 Å². The highest BCUT2D eigenvalue weighted by Gasteiger charge is 2.33. The van der Waals surface area contributed by atoms with Gasteiger partial charge in [0.15, 0.2) is 0 Å². The Morgan fingerprint density at radius 3 is 2.62 bits per heavy atom. The van der Waals surface area contributed by atoms with Gasteiger partial charge in [0.25, 0.3) is 5.91 Å². The van der Waals surface area contributed by atoms with E-state index in [1.54, 1.807) is 30.5 Å². The fraction of sp³-hybridized carbons (Fsp3) is 0.379. The molecule has 0 saturated heterocycles. The third kappa shape index (κ3) is 6.70. The molecule has 0 aliphatic carbocycles. The van der Waals surface area contributed by atoms with Gasteiger partial charge in [0.1, 0.15) is 24.7 Å². The van der Waals surface area contributed by atoms with Crippen molar-refractivity contribution in [1.82, 2.24) is 9.80 Å². The summed E-state index contributed by atoms with van der Waals surface area (Å²) in [6, 6.07) is 16.8. The van der Waals surface area contributed by atoms with Crippen LogP contribution in [0.15, 0.2) is 60.0 Å². The summed E-state index contributed by atoms with van der Waals surface area (Å²) >= 11 is 1.71. The van der Waals surface area contributed by atoms with Gasteiger partial charge in [0, 0.05) is 43.3 Å². The maximum Gasteiger partial charge on any atom is 0.254 e. The topological polar surface area (TPSA) is 68.3 Å². The normalized spacial score (nSPS) is 14.7. The van der Waals surface area contributed by atoms with Gasteiger partial charge in [-0.2, -0.15) is 0 Å². The first kappa shape index (κ1) is 26.7. The third-order valence-electron chi connectivity index (χ3n) is 6.55. The zero-order valence-corrected chi connectivity index (χ0v) is 22.5. The SMILES string of the molecule is COCCCN(CC(=O)N1CCc2sccc2C1COc1cccc(OC)c1)C(=O)c1ccc(C)cc1. The van der Waals surface area contributed by atoms with Crippen LogP contribution in [-0.2, 0) is 16.0 Å². The average Bonchev–Trinajstić information content (AvgIpc) is 3.40. The fourth-order valence-corrected chi connectivity index (χ4v) is 5.45. The molecule has 1 aliphatic heterocycles. The molecule has 0 fully saturated rings. The lowest BCUT2D eigenvalue weighted by atomic mass is 10.00. The van der Waals surface area contributed by atoms with Crippen molar-refractivity contribution in [3.05, 3.63) is 81.5 Å². The molecule has 1 unspecified atom stereocenters. The van der Waals surface area contributed by atoms with E-state index in [1.165, 1.54) is 4.88 Å². The highest BCUT2D eigenvalue weighted by Crippen LogP contribution is 2.34. The fourth-order valence-electron chi connectivity index (χ4n) is 4.53. The molecule has 3 aromatic rings. The second kappa shape index (κ2) is 12.7. The van der Waals surface area contributed by atoms with Crippen molar-refractivity contribution in [1.29, 1.82) is 0 Å². The van der Waals surface area contributed by atoms with Crippen LogP contribution in [0.2, 0.25) is 0 Å². The van der Waals surface area contributed by atoms with Gasteiger partial charge in [-0.3, -0.25) is 9.59 Å². The summed E-state index contributed by atoms with van der Waals surface area (Å²) < 4.78 is 16.6. The zero-order valence-electron chi connectivity index (χ0n) is 21.6. The second-order valence-electron chi connectivity index (χ2n) is 9.08. The molecule has 0 N–H and O–H groups in total. The molecule has 2 amide bonds. The molecule has 37 heavy (non-hydrogen) atoms. The Bertz CT molecular complexity index is 1190. The number of amides is 2. The first-order valence-corrected chi connectivity index (χ1v) is 13.4. The Morgan fingerprint density at radius 2 is 1.86 bits per heavy atom. The van der Waals surface area contributed by atoms with Crippen LogP contribution in [0.5, 0.6) is 11.5 Å². The zero-order chi connectivity index (χ0) is 26.2. The van der Waals surface area contributed by atoms with Crippen LogP contribution >= 0.6 is 11.3 Å². The molecule has 1 aliphatic rings. The van der Waals surface area contributed by atoms with Gasteiger partial charge in [-0.25, -0.2) is 0 Å². The molecule has 0 radical (unpaired) electrons. The summed E-state index contributed by atoms with van der Waals surface area (Å²) in [6.07, 6.45) is 1.45. The van der Waals surface area contributed by atoms with E-state index in [2.05, 4.69) is 11.4 Å². The number of rotatable bonds is 11. The van der Waals surface area contributed by atoms with Gasteiger partial charge in [-0.15, -0.1) is 11.3 Å². The van der Waals surface area contributed by atoms with E-state index >= 15 is 0 Å². The van der Waals surface area contributed by atoms with E-state index in [9.17, 15) is 9.59 Å². The number of thiophene rings is 1. The minimum absolute atomic E-state index is 0.00551. The molecule has 2 heterocycles. The number of ether oxygens (including phenoxy) is 3. The number of fused-ring (bicyclic) bond motifs is 1. The van der Waals surface area contributed by atoms with Crippen LogP contribution in [0, 0.1) is 6.92 Å². The predicted molar refractivity (Wildman–Crippen MR) is 145 cm³/mol. The third-order valence-corrected chi connectivity index (χ3v) is 7.55. The number of carbonyl (C=O) groups excluding carboxylic acids is 2. The minimum Gasteiger partial charge on any atom is -0.497 e. The molecule has 2 aromatic carbocycles. The number of hydrogen-bond acceptors (Lipinski definition) is 6. The lowest BCUT2D eigenvalue weighted by molar-refractivity contribution is -0.135. The molecule has 7 nitrogen and oxygen atoms in total. The Hall–Kier alpha value is -3.36. The maximum atomic E-state index is 13.7. The van der Waals surface area contributed by atoms with Crippen LogP contribution in [0.25, 0.3) is 0 Å². The monoisotopic (exact) mass is 522 g/mol. The number of aryl methyl sites for hydroxylation is 1. The number of benzene rings is 2. The van der Waals surface area contributed by atoms with E-state index < -0.39 is 0 Å². The Balaban J connectivity index is 1.52. The molecule has 4 rings (SSSR count). The van der Waals surface area contributed by atoms with E-state index in [0.29, 0.717) is 49.8 Å². The Kier molecular flexibility index (Phi) is 9.19. The summed E-state index contributed by atoms with van der Waals surface area (Å²) in [5.74, 6) is 1.16. The van der Waals surface area contributed by atoms with E-state index in [1.807, 2.05) is 60.4 Å². The lowest BCUT2D eigenvalue weighted by Crippen LogP contribution is -2.48. The highest BCUT2D eigenvalue weighted by molar-refractivity contribution is 7.10. The number of carbonyl (C=O) groups is 2. The summed E-state index contributed by atoms with van der Waals surface area (Å²) in [4.78, 5) is 31.8.